The lowest BCUT2D eigenvalue weighted by atomic mass is 10.0. The van der Waals surface area contributed by atoms with Crippen LogP contribution in [0.2, 0.25) is 0 Å². The Morgan fingerprint density at radius 3 is 2.21 bits per heavy atom. The van der Waals surface area contributed by atoms with Crippen molar-refractivity contribution < 1.29 is 9.16 Å². The topological polar surface area (TPSA) is 44.5 Å². The molecule has 2 N–H and O–H groups in total. The van der Waals surface area contributed by atoms with Crippen LogP contribution >= 0.6 is 0 Å². The van der Waals surface area contributed by atoms with Crippen molar-refractivity contribution in [2.75, 3.05) is 20.3 Å². The van der Waals surface area contributed by atoms with Gasteiger partial charge in [0.05, 0.1) is 0 Å². The SMILES string of the molecule is CCOCCCCC(C)(C)O[SiH3].CN. The molecule has 0 aliphatic heterocycles. The van der Waals surface area contributed by atoms with E-state index in [1.807, 2.05) is 6.92 Å². The lowest BCUT2D eigenvalue weighted by Gasteiger charge is -2.23. The standard InChI is InChI=1S/C9H22O2Si.CH5N/c1-4-10-8-6-5-7-9(2,3)11-12;1-2/h4-8H2,1-3,12H3;2H2,1H3. The van der Waals surface area contributed by atoms with Crippen molar-refractivity contribution in [3.05, 3.63) is 0 Å². The van der Waals surface area contributed by atoms with Crippen LogP contribution in [0.4, 0.5) is 0 Å². The van der Waals surface area contributed by atoms with Crippen LogP contribution in [-0.4, -0.2) is 36.3 Å². The van der Waals surface area contributed by atoms with E-state index < -0.39 is 0 Å². The zero-order chi connectivity index (χ0) is 11.4. The Labute approximate surface area is 91.9 Å². The minimum absolute atomic E-state index is 0.0957. The molecule has 88 valence electrons. The molecule has 0 amide bonds. The van der Waals surface area contributed by atoms with Crippen molar-refractivity contribution in [2.45, 2.75) is 45.6 Å². The summed E-state index contributed by atoms with van der Waals surface area (Å²) in [5.74, 6) is 0. The van der Waals surface area contributed by atoms with Gasteiger partial charge in [-0.3, -0.25) is 0 Å². The Hall–Kier alpha value is 0.0969. The van der Waals surface area contributed by atoms with Gasteiger partial charge >= 0.3 is 0 Å². The second kappa shape index (κ2) is 11.2. The molecule has 0 heterocycles. The maximum atomic E-state index is 5.44. The largest absolute Gasteiger partial charge is 0.423 e. The fourth-order valence-electron chi connectivity index (χ4n) is 1.00. The summed E-state index contributed by atoms with van der Waals surface area (Å²) in [6, 6.07) is 0. The second-order valence-corrected chi connectivity index (χ2v) is 4.03. The van der Waals surface area contributed by atoms with Gasteiger partial charge in [0.1, 0.15) is 10.5 Å². The highest BCUT2D eigenvalue weighted by atomic mass is 28.2. The van der Waals surface area contributed by atoms with Crippen LogP contribution in [0.25, 0.3) is 0 Å². The maximum absolute atomic E-state index is 5.44. The molecule has 0 spiro atoms. The van der Waals surface area contributed by atoms with Gasteiger partial charge in [0, 0.05) is 18.8 Å². The first-order valence-electron chi connectivity index (χ1n) is 5.33. The van der Waals surface area contributed by atoms with Gasteiger partial charge in [-0.05, 0) is 47.1 Å². The van der Waals surface area contributed by atoms with Crippen molar-refractivity contribution in [2.24, 2.45) is 5.73 Å². The molecule has 0 bridgehead atoms. The van der Waals surface area contributed by atoms with Crippen LogP contribution in [0.5, 0.6) is 0 Å². The molecule has 3 nitrogen and oxygen atoms in total. The van der Waals surface area contributed by atoms with Gasteiger partial charge in [0.2, 0.25) is 0 Å². The van der Waals surface area contributed by atoms with E-state index in [4.69, 9.17) is 9.16 Å². The number of rotatable bonds is 7. The van der Waals surface area contributed by atoms with E-state index in [1.54, 1.807) is 0 Å². The molecular formula is C10H27NO2Si. The lowest BCUT2D eigenvalue weighted by Crippen LogP contribution is -2.22. The minimum atomic E-state index is 0.0957. The predicted octanol–water partition coefficient (Wildman–Crippen LogP) is 0.844. The summed E-state index contributed by atoms with van der Waals surface area (Å²) in [5, 5.41) is 0. The third-order valence-corrected chi connectivity index (χ3v) is 3.18. The lowest BCUT2D eigenvalue weighted by molar-refractivity contribution is 0.0989. The Balaban J connectivity index is 0. The van der Waals surface area contributed by atoms with Crippen molar-refractivity contribution in [3.8, 4) is 0 Å². The number of nitrogens with two attached hydrogens (primary N) is 1. The number of ether oxygens (including phenoxy) is 1. The summed E-state index contributed by atoms with van der Waals surface area (Å²) in [7, 11) is 2.34. The Bertz CT molecular complexity index is 110. The molecular weight excluding hydrogens is 194 g/mol. The first kappa shape index (κ1) is 16.5. The smallest absolute Gasteiger partial charge is 0.146 e. The Morgan fingerprint density at radius 1 is 1.21 bits per heavy atom. The maximum Gasteiger partial charge on any atom is 0.146 e. The third-order valence-electron chi connectivity index (χ3n) is 2.07. The molecule has 0 radical (unpaired) electrons. The first-order valence-corrected chi connectivity index (χ1v) is 6.14. The fraction of sp³-hybridized carbons (Fsp3) is 1.00. The monoisotopic (exact) mass is 221 g/mol. The number of hydrogen-bond donors (Lipinski definition) is 1. The average Bonchev–Trinajstić information content (AvgIpc) is 2.21. The number of unbranched alkanes of at least 4 members (excludes halogenated alkanes) is 1. The summed E-state index contributed by atoms with van der Waals surface area (Å²) in [4.78, 5) is 0. The predicted molar refractivity (Wildman–Crippen MR) is 65.6 cm³/mol. The molecule has 0 aliphatic rings. The van der Waals surface area contributed by atoms with Crippen LogP contribution in [0, 0.1) is 0 Å². The van der Waals surface area contributed by atoms with Crippen LogP contribution in [0.3, 0.4) is 0 Å². The van der Waals surface area contributed by atoms with Crippen LogP contribution < -0.4 is 5.73 Å². The van der Waals surface area contributed by atoms with E-state index in [2.05, 4.69) is 19.6 Å². The van der Waals surface area contributed by atoms with E-state index in [0.717, 1.165) is 36.5 Å². The molecule has 0 unspecified atom stereocenters. The molecule has 0 saturated carbocycles. The highest BCUT2D eigenvalue weighted by molar-refractivity contribution is 5.98. The van der Waals surface area contributed by atoms with Crippen molar-refractivity contribution in [1.82, 2.24) is 0 Å². The summed E-state index contributed by atoms with van der Waals surface area (Å²) >= 11 is 0. The molecule has 0 saturated heterocycles. The fourth-order valence-corrected chi connectivity index (χ4v) is 1.21. The van der Waals surface area contributed by atoms with Gasteiger partial charge in [-0.2, -0.15) is 0 Å². The highest BCUT2D eigenvalue weighted by Gasteiger charge is 2.13. The van der Waals surface area contributed by atoms with Crippen molar-refractivity contribution in [1.29, 1.82) is 0 Å². The van der Waals surface area contributed by atoms with E-state index in [0.29, 0.717) is 0 Å². The highest BCUT2D eigenvalue weighted by Crippen LogP contribution is 2.15. The van der Waals surface area contributed by atoms with Gasteiger partial charge in [-0.1, -0.05) is 0 Å². The molecule has 0 aromatic heterocycles. The molecule has 0 atom stereocenters. The zero-order valence-corrected chi connectivity index (χ0v) is 12.4. The quantitative estimate of drug-likeness (QED) is 0.512. The van der Waals surface area contributed by atoms with Crippen LogP contribution in [0.1, 0.15) is 40.0 Å². The van der Waals surface area contributed by atoms with Crippen LogP contribution in [-0.2, 0) is 9.16 Å². The van der Waals surface area contributed by atoms with E-state index in [-0.39, 0.29) is 5.60 Å². The van der Waals surface area contributed by atoms with Gasteiger partial charge in [-0.15, -0.1) is 0 Å². The summed E-state index contributed by atoms with van der Waals surface area (Å²) in [5.41, 5.74) is 4.60. The zero-order valence-electron chi connectivity index (χ0n) is 10.4. The minimum Gasteiger partial charge on any atom is -0.423 e. The molecule has 14 heavy (non-hydrogen) atoms. The average molecular weight is 221 g/mol. The van der Waals surface area contributed by atoms with Crippen molar-refractivity contribution in [3.63, 3.8) is 0 Å². The Morgan fingerprint density at radius 2 is 1.79 bits per heavy atom. The molecule has 4 heteroatoms. The first-order chi connectivity index (χ1) is 6.62. The van der Waals surface area contributed by atoms with Gasteiger partial charge in [-0.25, -0.2) is 0 Å². The van der Waals surface area contributed by atoms with E-state index in [9.17, 15) is 0 Å². The van der Waals surface area contributed by atoms with E-state index >= 15 is 0 Å². The molecule has 0 aromatic carbocycles. The molecule has 0 aliphatic carbocycles. The van der Waals surface area contributed by atoms with Gasteiger partial charge in [0.25, 0.3) is 0 Å². The molecule has 0 fully saturated rings. The summed E-state index contributed by atoms with van der Waals surface area (Å²) in [6.45, 7) is 8.07. The normalized spacial score (nSPS) is 10.9. The van der Waals surface area contributed by atoms with Gasteiger partial charge < -0.3 is 14.9 Å². The summed E-state index contributed by atoms with van der Waals surface area (Å²) in [6.07, 6.45) is 3.50. The van der Waals surface area contributed by atoms with Crippen molar-refractivity contribution >= 4 is 10.5 Å². The Kier molecular flexibility index (Phi) is 13.2. The molecule has 0 aromatic rings. The number of hydrogen-bond acceptors (Lipinski definition) is 3. The van der Waals surface area contributed by atoms with E-state index in [1.165, 1.54) is 13.5 Å². The van der Waals surface area contributed by atoms with Gasteiger partial charge in [0.15, 0.2) is 0 Å². The summed E-state index contributed by atoms with van der Waals surface area (Å²) < 4.78 is 10.7. The third kappa shape index (κ3) is 12.1. The van der Waals surface area contributed by atoms with Crippen LogP contribution in [0.15, 0.2) is 0 Å². The second-order valence-electron chi connectivity index (χ2n) is 3.62. The molecule has 0 rings (SSSR count).